The molecule has 2 nitrogen and oxygen atoms in total. The summed E-state index contributed by atoms with van der Waals surface area (Å²) in [6.45, 7) is 2.29. The molecule has 14 heavy (non-hydrogen) atoms. The first-order valence-electron chi connectivity index (χ1n) is 5.26. The Bertz CT molecular complexity index is 301. The molecule has 1 N–H and O–H groups in total. The summed E-state index contributed by atoms with van der Waals surface area (Å²) in [4.78, 5) is 2.20. The summed E-state index contributed by atoms with van der Waals surface area (Å²) >= 11 is 0. The maximum absolute atomic E-state index is 3.42. The molecule has 0 aliphatic carbocycles. The third-order valence-electron chi connectivity index (χ3n) is 2.92. The van der Waals surface area contributed by atoms with E-state index >= 15 is 0 Å². The smallest absolute Gasteiger partial charge is 0.0396 e. The van der Waals surface area contributed by atoms with Crippen molar-refractivity contribution in [3.63, 3.8) is 0 Å². The molecule has 0 radical (unpaired) electrons. The molecule has 1 fully saturated rings. The molecule has 1 aliphatic rings. The second kappa shape index (κ2) is 4.01. The molecule has 1 saturated heterocycles. The number of nitrogens with zero attached hydrogens (tertiary/aromatic N) is 1. The van der Waals surface area contributed by atoms with E-state index in [0.29, 0.717) is 5.92 Å². The molecule has 1 aromatic rings. The molecule has 0 spiro atoms. The van der Waals surface area contributed by atoms with Crippen LogP contribution in [0.15, 0.2) is 24.3 Å². The monoisotopic (exact) mass is 190 g/mol. The summed E-state index contributed by atoms with van der Waals surface area (Å²) in [6.07, 6.45) is 1.27. The largest absolute Gasteiger partial charge is 0.377 e. The number of nitrogens with one attached hydrogen (secondary N) is 1. The molecule has 0 saturated carbocycles. The Morgan fingerprint density at radius 2 is 2.07 bits per heavy atom. The fraction of sp³-hybridized carbons (Fsp3) is 0.500. The van der Waals surface area contributed by atoms with Crippen molar-refractivity contribution < 1.29 is 0 Å². The topological polar surface area (TPSA) is 15.3 Å². The summed E-state index contributed by atoms with van der Waals surface area (Å²) in [7, 11) is 4.22. The Morgan fingerprint density at radius 3 is 2.71 bits per heavy atom. The zero-order chi connectivity index (χ0) is 9.97. The molecule has 76 valence electrons. The van der Waals surface area contributed by atoms with Crippen LogP contribution in [0, 0.1) is 0 Å². The van der Waals surface area contributed by atoms with E-state index in [9.17, 15) is 0 Å². The van der Waals surface area contributed by atoms with E-state index in [2.05, 4.69) is 48.6 Å². The third kappa shape index (κ3) is 1.75. The Labute approximate surface area is 85.9 Å². The van der Waals surface area contributed by atoms with Crippen molar-refractivity contribution in [1.82, 2.24) is 5.32 Å². The Morgan fingerprint density at radius 1 is 1.29 bits per heavy atom. The van der Waals surface area contributed by atoms with Crippen LogP contribution in [0.3, 0.4) is 0 Å². The van der Waals surface area contributed by atoms with Crippen LogP contribution in [0.4, 0.5) is 5.69 Å². The lowest BCUT2D eigenvalue weighted by Gasteiger charge is -2.20. The maximum Gasteiger partial charge on any atom is 0.0396 e. The fourth-order valence-corrected chi connectivity index (χ4v) is 2.16. The number of anilines is 1. The predicted molar refractivity (Wildman–Crippen MR) is 61.0 cm³/mol. The van der Waals surface area contributed by atoms with Crippen LogP contribution in [0.5, 0.6) is 0 Å². The molecule has 2 heteroatoms. The van der Waals surface area contributed by atoms with Crippen LogP contribution < -0.4 is 10.2 Å². The highest BCUT2D eigenvalue weighted by Gasteiger charge is 2.19. The van der Waals surface area contributed by atoms with Crippen LogP contribution in [0.25, 0.3) is 0 Å². The third-order valence-corrected chi connectivity index (χ3v) is 2.92. The maximum atomic E-state index is 3.42. The van der Waals surface area contributed by atoms with Gasteiger partial charge in [-0.3, -0.25) is 0 Å². The van der Waals surface area contributed by atoms with Crippen LogP contribution in [-0.2, 0) is 0 Å². The SMILES string of the molecule is CN(C)c1ccccc1[C@H]1CCNC1. The van der Waals surface area contributed by atoms with Gasteiger partial charge in [-0.2, -0.15) is 0 Å². The van der Waals surface area contributed by atoms with Gasteiger partial charge in [0.15, 0.2) is 0 Å². The van der Waals surface area contributed by atoms with Crippen molar-refractivity contribution in [2.24, 2.45) is 0 Å². The van der Waals surface area contributed by atoms with Gasteiger partial charge in [0.25, 0.3) is 0 Å². The van der Waals surface area contributed by atoms with E-state index in [1.165, 1.54) is 17.7 Å². The average Bonchev–Trinajstić information content (AvgIpc) is 2.70. The van der Waals surface area contributed by atoms with Gasteiger partial charge in [-0.25, -0.2) is 0 Å². The van der Waals surface area contributed by atoms with Crippen molar-refractivity contribution in [1.29, 1.82) is 0 Å². The lowest BCUT2D eigenvalue weighted by atomic mass is 9.96. The van der Waals surface area contributed by atoms with Gasteiger partial charge in [0, 0.05) is 26.3 Å². The first-order chi connectivity index (χ1) is 6.79. The molecule has 1 atom stereocenters. The zero-order valence-corrected chi connectivity index (χ0v) is 8.96. The van der Waals surface area contributed by atoms with Crippen molar-refractivity contribution in [2.75, 3.05) is 32.1 Å². The molecule has 1 heterocycles. The van der Waals surface area contributed by atoms with Crippen molar-refractivity contribution >= 4 is 5.69 Å². The summed E-state index contributed by atoms with van der Waals surface area (Å²) in [5.74, 6) is 0.702. The molecule has 0 unspecified atom stereocenters. The van der Waals surface area contributed by atoms with Crippen LogP contribution in [0.1, 0.15) is 17.9 Å². The van der Waals surface area contributed by atoms with Crippen LogP contribution >= 0.6 is 0 Å². The molecule has 0 amide bonds. The molecular weight excluding hydrogens is 172 g/mol. The molecule has 0 bridgehead atoms. The fourth-order valence-electron chi connectivity index (χ4n) is 2.16. The first kappa shape index (κ1) is 9.53. The number of hydrogen-bond donors (Lipinski definition) is 1. The summed E-state index contributed by atoms with van der Waals surface area (Å²) < 4.78 is 0. The van der Waals surface area contributed by atoms with E-state index in [0.717, 1.165) is 13.1 Å². The molecule has 1 aromatic carbocycles. The summed E-state index contributed by atoms with van der Waals surface area (Å²) in [6, 6.07) is 8.71. The summed E-state index contributed by atoms with van der Waals surface area (Å²) in [5.41, 5.74) is 2.85. The standard InChI is InChI=1S/C12H18N2/c1-14(2)12-6-4-3-5-11(12)10-7-8-13-9-10/h3-6,10,13H,7-9H2,1-2H3/t10-/m0/s1. The van der Waals surface area contributed by atoms with E-state index in [1.807, 2.05) is 0 Å². The normalized spacial score (nSPS) is 21.1. The second-order valence-electron chi connectivity index (χ2n) is 4.14. The number of benzene rings is 1. The van der Waals surface area contributed by atoms with Gasteiger partial charge in [0.05, 0.1) is 0 Å². The quantitative estimate of drug-likeness (QED) is 0.765. The summed E-state index contributed by atoms with van der Waals surface area (Å²) in [5, 5.41) is 3.42. The van der Waals surface area contributed by atoms with E-state index in [1.54, 1.807) is 0 Å². The van der Waals surface area contributed by atoms with Gasteiger partial charge in [-0.05, 0) is 30.5 Å². The van der Waals surface area contributed by atoms with Crippen molar-refractivity contribution in [3.8, 4) is 0 Å². The van der Waals surface area contributed by atoms with Crippen molar-refractivity contribution in [3.05, 3.63) is 29.8 Å². The van der Waals surface area contributed by atoms with E-state index in [4.69, 9.17) is 0 Å². The zero-order valence-electron chi connectivity index (χ0n) is 8.96. The molecule has 1 aliphatic heterocycles. The van der Waals surface area contributed by atoms with Gasteiger partial charge in [0.2, 0.25) is 0 Å². The number of rotatable bonds is 2. The van der Waals surface area contributed by atoms with E-state index < -0.39 is 0 Å². The van der Waals surface area contributed by atoms with Gasteiger partial charge in [0.1, 0.15) is 0 Å². The van der Waals surface area contributed by atoms with Crippen molar-refractivity contribution in [2.45, 2.75) is 12.3 Å². The minimum Gasteiger partial charge on any atom is -0.377 e. The first-order valence-corrected chi connectivity index (χ1v) is 5.26. The minimum atomic E-state index is 0.702. The molecular formula is C12H18N2. The van der Waals surface area contributed by atoms with Gasteiger partial charge in [-0.1, -0.05) is 18.2 Å². The Kier molecular flexibility index (Phi) is 2.73. The molecule has 2 rings (SSSR count). The highest BCUT2D eigenvalue weighted by Crippen LogP contribution is 2.30. The highest BCUT2D eigenvalue weighted by molar-refractivity contribution is 5.54. The minimum absolute atomic E-state index is 0.702. The number of hydrogen-bond acceptors (Lipinski definition) is 2. The average molecular weight is 190 g/mol. The lowest BCUT2D eigenvalue weighted by molar-refractivity contribution is 0.760. The number of para-hydroxylation sites is 1. The van der Waals surface area contributed by atoms with E-state index in [-0.39, 0.29) is 0 Å². The second-order valence-corrected chi connectivity index (χ2v) is 4.14. The molecule has 0 aromatic heterocycles. The van der Waals surface area contributed by atoms with Crippen LogP contribution in [-0.4, -0.2) is 27.2 Å². The highest BCUT2D eigenvalue weighted by atomic mass is 15.1. The van der Waals surface area contributed by atoms with Gasteiger partial charge >= 0.3 is 0 Å². The van der Waals surface area contributed by atoms with Crippen LogP contribution in [0.2, 0.25) is 0 Å². The Balaban J connectivity index is 2.30. The van der Waals surface area contributed by atoms with Gasteiger partial charge in [-0.15, -0.1) is 0 Å². The lowest BCUT2D eigenvalue weighted by Crippen LogP contribution is -2.14. The van der Waals surface area contributed by atoms with Gasteiger partial charge < -0.3 is 10.2 Å². The Hall–Kier alpha value is -1.02. The predicted octanol–water partition coefficient (Wildman–Crippen LogP) is 1.83.